The van der Waals surface area contributed by atoms with Gasteiger partial charge in [0.05, 0.1) is 11.5 Å². The summed E-state index contributed by atoms with van der Waals surface area (Å²) in [7, 11) is -3.06. The average Bonchev–Trinajstić information content (AvgIpc) is 2.93. The van der Waals surface area contributed by atoms with Crippen LogP contribution in [0.15, 0.2) is 59.1 Å². The van der Waals surface area contributed by atoms with Gasteiger partial charge in [-0.3, -0.25) is 4.79 Å². The maximum absolute atomic E-state index is 13.0. The Labute approximate surface area is 150 Å². The largest absolute Gasteiger partial charge is 0.330 e. The van der Waals surface area contributed by atoms with Crippen LogP contribution in [-0.2, 0) is 16.4 Å². The molecule has 0 unspecified atom stereocenters. The first-order valence-corrected chi connectivity index (χ1v) is 10.4. The molecule has 0 saturated carbocycles. The van der Waals surface area contributed by atoms with Crippen molar-refractivity contribution in [3.05, 3.63) is 70.2 Å². The molecule has 1 aliphatic heterocycles. The molecular weight excluding hydrogens is 390 g/mol. The van der Waals surface area contributed by atoms with Gasteiger partial charge in [-0.1, -0.05) is 46.3 Å². The Balaban J connectivity index is 1.90. The summed E-state index contributed by atoms with van der Waals surface area (Å²) < 4.78 is 24.7. The highest BCUT2D eigenvalue weighted by Gasteiger charge is 2.35. The lowest BCUT2D eigenvalue weighted by molar-refractivity contribution is 0.0681. The third-order valence-corrected chi connectivity index (χ3v) is 6.42. The van der Waals surface area contributed by atoms with Gasteiger partial charge in [0.2, 0.25) is 0 Å². The van der Waals surface area contributed by atoms with Crippen LogP contribution < -0.4 is 0 Å². The van der Waals surface area contributed by atoms with Crippen LogP contribution in [0.4, 0.5) is 0 Å². The Morgan fingerprint density at radius 2 is 1.88 bits per heavy atom. The van der Waals surface area contributed by atoms with Gasteiger partial charge in [0.15, 0.2) is 9.84 Å². The van der Waals surface area contributed by atoms with Gasteiger partial charge in [-0.2, -0.15) is 0 Å². The summed E-state index contributed by atoms with van der Waals surface area (Å²) in [5.74, 6) is 0.0616. The van der Waals surface area contributed by atoms with Crippen molar-refractivity contribution in [3.8, 4) is 0 Å². The first-order valence-electron chi connectivity index (χ1n) is 7.75. The van der Waals surface area contributed by atoms with Gasteiger partial charge < -0.3 is 4.90 Å². The number of carbonyl (C=O) groups excluding carboxylic acids is 1. The van der Waals surface area contributed by atoms with Crippen LogP contribution in [0.25, 0.3) is 0 Å². The number of sulfone groups is 1. The summed E-state index contributed by atoms with van der Waals surface area (Å²) in [4.78, 5) is 14.6. The number of amides is 1. The molecule has 1 heterocycles. The second-order valence-corrected chi connectivity index (χ2v) is 9.13. The fourth-order valence-corrected chi connectivity index (χ4v) is 5.14. The highest BCUT2D eigenvalue weighted by atomic mass is 79.9. The molecule has 1 atom stereocenters. The zero-order valence-electron chi connectivity index (χ0n) is 13.1. The molecule has 0 spiro atoms. The van der Waals surface area contributed by atoms with Gasteiger partial charge >= 0.3 is 0 Å². The number of hydrogen-bond acceptors (Lipinski definition) is 3. The van der Waals surface area contributed by atoms with Gasteiger partial charge in [0.1, 0.15) is 0 Å². The van der Waals surface area contributed by atoms with E-state index in [0.717, 1.165) is 10.0 Å². The minimum Gasteiger partial charge on any atom is -0.330 e. The molecule has 0 N–H and O–H groups in total. The minimum absolute atomic E-state index is 0.0412. The quantitative estimate of drug-likeness (QED) is 0.781. The van der Waals surface area contributed by atoms with Crippen molar-refractivity contribution >= 4 is 31.7 Å². The Kier molecular flexibility index (Phi) is 5.06. The Morgan fingerprint density at radius 1 is 1.12 bits per heavy atom. The Hall–Kier alpha value is -1.66. The van der Waals surface area contributed by atoms with Crippen molar-refractivity contribution in [1.82, 2.24) is 4.90 Å². The second-order valence-electron chi connectivity index (χ2n) is 5.99. The van der Waals surface area contributed by atoms with Crippen molar-refractivity contribution in [2.24, 2.45) is 0 Å². The second kappa shape index (κ2) is 7.07. The van der Waals surface area contributed by atoms with E-state index in [1.54, 1.807) is 17.0 Å². The number of halogens is 1. The van der Waals surface area contributed by atoms with Crippen LogP contribution in [0.3, 0.4) is 0 Å². The number of hydrogen-bond donors (Lipinski definition) is 0. The van der Waals surface area contributed by atoms with E-state index in [4.69, 9.17) is 0 Å². The molecule has 1 aliphatic rings. The highest BCUT2D eigenvalue weighted by molar-refractivity contribution is 9.10. The smallest absolute Gasteiger partial charge is 0.254 e. The van der Waals surface area contributed by atoms with E-state index >= 15 is 0 Å². The maximum Gasteiger partial charge on any atom is 0.254 e. The first kappa shape index (κ1) is 17.2. The molecule has 0 bridgehead atoms. The lowest BCUT2D eigenvalue weighted by atomic mass is 10.1. The third kappa shape index (κ3) is 4.05. The van der Waals surface area contributed by atoms with E-state index in [0.29, 0.717) is 18.5 Å². The number of carbonyl (C=O) groups is 1. The summed E-state index contributed by atoms with van der Waals surface area (Å²) in [6.07, 6.45) is 0.495. The lowest BCUT2D eigenvalue weighted by Gasteiger charge is -2.28. The third-order valence-electron chi connectivity index (χ3n) is 4.17. The molecule has 1 fully saturated rings. The van der Waals surface area contributed by atoms with Gasteiger partial charge in [0, 0.05) is 22.6 Å². The molecule has 0 aliphatic carbocycles. The number of benzene rings is 2. The summed E-state index contributed by atoms with van der Waals surface area (Å²) >= 11 is 3.44. The van der Waals surface area contributed by atoms with E-state index < -0.39 is 9.84 Å². The van der Waals surface area contributed by atoms with E-state index in [1.165, 1.54) is 0 Å². The molecule has 4 nitrogen and oxygen atoms in total. The highest BCUT2D eigenvalue weighted by Crippen LogP contribution is 2.23. The average molecular weight is 408 g/mol. The molecule has 6 heteroatoms. The molecule has 24 heavy (non-hydrogen) atoms. The summed E-state index contributed by atoms with van der Waals surface area (Å²) in [5, 5.41) is 0. The van der Waals surface area contributed by atoms with Crippen LogP contribution in [0.1, 0.15) is 22.3 Å². The fourth-order valence-electron chi connectivity index (χ4n) is 2.97. The van der Waals surface area contributed by atoms with Gasteiger partial charge in [0.25, 0.3) is 5.91 Å². The van der Waals surface area contributed by atoms with Crippen LogP contribution in [0.2, 0.25) is 0 Å². The van der Waals surface area contributed by atoms with Crippen LogP contribution in [0, 0.1) is 0 Å². The van der Waals surface area contributed by atoms with Gasteiger partial charge in [-0.25, -0.2) is 8.42 Å². The monoisotopic (exact) mass is 407 g/mol. The standard InChI is InChI=1S/C18H18BrNO3S/c19-16-8-4-5-14(11-16)12-20(17-9-10-24(22,23)13-17)18(21)15-6-2-1-3-7-15/h1-8,11,17H,9-10,12-13H2/t17-/m1/s1. The normalized spacial score (nSPS) is 19.1. The minimum atomic E-state index is -3.06. The SMILES string of the molecule is O=C(c1ccccc1)N(Cc1cccc(Br)c1)[C@@H]1CCS(=O)(=O)C1. The molecule has 3 rings (SSSR count). The molecule has 1 saturated heterocycles. The zero-order valence-corrected chi connectivity index (χ0v) is 15.5. The van der Waals surface area contributed by atoms with Gasteiger partial charge in [-0.15, -0.1) is 0 Å². The molecule has 0 aromatic heterocycles. The van der Waals surface area contributed by atoms with Crippen molar-refractivity contribution in [1.29, 1.82) is 0 Å². The first-order chi connectivity index (χ1) is 11.4. The fraction of sp³-hybridized carbons (Fsp3) is 0.278. The van der Waals surface area contributed by atoms with Crippen molar-refractivity contribution in [3.63, 3.8) is 0 Å². The molecule has 126 valence electrons. The summed E-state index contributed by atoms with van der Waals surface area (Å²) in [6.45, 7) is 0.396. The Morgan fingerprint density at radius 3 is 2.50 bits per heavy atom. The summed E-state index contributed by atoms with van der Waals surface area (Å²) in [6, 6.07) is 16.5. The Bertz CT molecular complexity index is 836. The topological polar surface area (TPSA) is 54.5 Å². The predicted molar refractivity (Wildman–Crippen MR) is 97.5 cm³/mol. The van der Waals surface area contributed by atoms with E-state index in [9.17, 15) is 13.2 Å². The van der Waals surface area contributed by atoms with Crippen LogP contribution >= 0.6 is 15.9 Å². The van der Waals surface area contributed by atoms with Crippen molar-refractivity contribution < 1.29 is 13.2 Å². The molecular formula is C18H18BrNO3S. The number of rotatable bonds is 4. The van der Waals surface area contributed by atoms with Crippen molar-refractivity contribution in [2.45, 2.75) is 19.0 Å². The van der Waals surface area contributed by atoms with Gasteiger partial charge in [-0.05, 0) is 36.2 Å². The van der Waals surface area contributed by atoms with E-state index in [-0.39, 0.29) is 23.5 Å². The molecule has 1 amide bonds. The van der Waals surface area contributed by atoms with Crippen molar-refractivity contribution in [2.75, 3.05) is 11.5 Å². The molecule has 2 aromatic rings. The maximum atomic E-state index is 13.0. The lowest BCUT2D eigenvalue weighted by Crippen LogP contribution is -2.40. The molecule has 2 aromatic carbocycles. The van der Waals surface area contributed by atoms with E-state index in [1.807, 2.05) is 42.5 Å². The molecule has 0 radical (unpaired) electrons. The number of nitrogens with zero attached hydrogens (tertiary/aromatic N) is 1. The summed E-state index contributed by atoms with van der Waals surface area (Å²) in [5.41, 5.74) is 1.55. The predicted octanol–water partition coefficient (Wildman–Crippen LogP) is 3.28. The zero-order chi connectivity index (χ0) is 17.2. The van der Waals surface area contributed by atoms with Crippen LogP contribution in [-0.4, -0.2) is 36.8 Å². The van der Waals surface area contributed by atoms with E-state index in [2.05, 4.69) is 15.9 Å². The van der Waals surface area contributed by atoms with Crippen LogP contribution in [0.5, 0.6) is 0 Å².